The van der Waals surface area contributed by atoms with Gasteiger partial charge in [-0.1, -0.05) is 0 Å². The fraction of sp³-hybridized carbons (Fsp3) is 0.643. The fourth-order valence-electron chi connectivity index (χ4n) is 2.62. The Morgan fingerprint density at radius 3 is 2.63 bits per heavy atom. The molecule has 4 nitrogen and oxygen atoms in total. The third-order valence-corrected chi connectivity index (χ3v) is 3.87. The summed E-state index contributed by atoms with van der Waals surface area (Å²) in [5.74, 6) is 0.949. The van der Waals surface area contributed by atoms with Crippen molar-refractivity contribution in [1.29, 1.82) is 0 Å². The number of amides is 1. The average molecular weight is 286 g/mol. The molecule has 1 aromatic rings. The van der Waals surface area contributed by atoms with Crippen LogP contribution in [0.15, 0.2) is 18.3 Å². The Hall–Kier alpha value is -1.00. The van der Waals surface area contributed by atoms with Crippen molar-refractivity contribution in [3.05, 3.63) is 24.0 Å². The van der Waals surface area contributed by atoms with E-state index in [4.69, 9.17) is 0 Å². The maximum absolute atomic E-state index is 12.3. The summed E-state index contributed by atoms with van der Waals surface area (Å²) in [4.78, 5) is 14.3. The van der Waals surface area contributed by atoms with E-state index in [0.29, 0.717) is 0 Å². The summed E-state index contributed by atoms with van der Waals surface area (Å²) in [7, 11) is 3.92. The Kier molecular flexibility index (Phi) is 6.38. The number of rotatable bonds is 4. The normalized spacial score (nSPS) is 16.2. The van der Waals surface area contributed by atoms with Crippen molar-refractivity contribution in [2.75, 3.05) is 26.7 Å². The number of nitrogens with zero attached hydrogens (tertiary/aromatic N) is 2. The molecular formula is C14H24ClN3O. The Bertz CT molecular complexity index is 397. The minimum atomic E-state index is 0. The fourth-order valence-corrected chi connectivity index (χ4v) is 2.62. The van der Waals surface area contributed by atoms with Crippen LogP contribution >= 0.6 is 12.4 Å². The largest absolute Gasteiger partial charge is 0.347 e. The predicted octanol–water partition coefficient (Wildman–Crippen LogP) is 1.91. The summed E-state index contributed by atoms with van der Waals surface area (Å²) in [6, 6.07) is 3.82. The van der Waals surface area contributed by atoms with Gasteiger partial charge in [0.1, 0.15) is 5.69 Å². The minimum absolute atomic E-state index is 0. The van der Waals surface area contributed by atoms with Crippen LogP contribution in [0.25, 0.3) is 0 Å². The van der Waals surface area contributed by atoms with Gasteiger partial charge in [-0.2, -0.15) is 0 Å². The lowest BCUT2D eigenvalue weighted by molar-refractivity contribution is 0.0677. The summed E-state index contributed by atoms with van der Waals surface area (Å²) < 4.78 is 1.90. The molecule has 19 heavy (non-hydrogen) atoms. The van der Waals surface area contributed by atoms with Crippen LogP contribution in [-0.2, 0) is 7.05 Å². The SMILES string of the molecule is CNCCC1CCN(C(=O)c2cccn2C)CC1.Cl. The van der Waals surface area contributed by atoms with Crippen molar-refractivity contribution in [2.24, 2.45) is 13.0 Å². The number of carbonyl (C=O) groups excluding carboxylic acids is 1. The van der Waals surface area contributed by atoms with Gasteiger partial charge in [0.05, 0.1) is 0 Å². The molecule has 0 bridgehead atoms. The lowest BCUT2D eigenvalue weighted by atomic mass is 9.93. The van der Waals surface area contributed by atoms with Gasteiger partial charge in [0.15, 0.2) is 0 Å². The van der Waals surface area contributed by atoms with Crippen LogP contribution in [0.3, 0.4) is 0 Å². The first-order valence-electron chi connectivity index (χ1n) is 6.77. The van der Waals surface area contributed by atoms with E-state index in [1.807, 2.05) is 41.9 Å². The second kappa shape index (κ2) is 7.56. The van der Waals surface area contributed by atoms with Gasteiger partial charge >= 0.3 is 0 Å². The van der Waals surface area contributed by atoms with Crippen LogP contribution in [0, 0.1) is 5.92 Å². The highest BCUT2D eigenvalue weighted by molar-refractivity contribution is 5.92. The number of hydrogen-bond acceptors (Lipinski definition) is 2. The van der Waals surface area contributed by atoms with Gasteiger partial charge in [-0.3, -0.25) is 4.79 Å². The summed E-state index contributed by atoms with van der Waals surface area (Å²) >= 11 is 0. The van der Waals surface area contributed by atoms with Crippen LogP contribution in [0.4, 0.5) is 0 Å². The van der Waals surface area contributed by atoms with Crippen LogP contribution in [0.5, 0.6) is 0 Å². The van der Waals surface area contributed by atoms with Crippen molar-refractivity contribution in [3.63, 3.8) is 0 Å². The third-order valence-electron chi connectivity index (χ3n) is 3.87. The molecule has 0 saturated carbocycles. The molecule has 1 N–H and O–H groups in total. The Balaban J connectivity index is 0.00000180. The highest BCUT2D eigenvalue weighted by Crippen LogP contribution is 2.21. The number of halogens is 1. The zero-order valence-corrected chi connectivity index (χ0v) is 12.6. The first-order chi connectivity index (χ1) is 8.72. The number of carbonyl (C=O) groups is 1. The van der Waals surface area contributed by atoms with Crippen molar-refractivity contribution in [1.82, 2.24) is 14.8 Å². The zero-order valence-electron chi connectivity index (χ0n) is 11.8. The Labute approximate surface area is 121 Å². The highest BCUT2D eigenvalue weighted by Gasteiger charge is 2.24. The maximum Gasteiger partial charge on any atom is 0.270 e. The van der Waals surface area contributed by atoms with Crippen molar-refractivity contribution < 1.29 is 4.79 Å². The van der Waals surface area contributed by atoms with E-state index in [1.165, 1.54) is 6.42 Å². The number of likely N-dealkylation sites (tertiary alicyclic amines) is 1. The molecule has 0 aromatic carbocycles. The van der Waals surface area contributed by atoms with E-state index >= 15 is 0 Å². The molecule has 1 aliphatic rings. The second-order valence-corrected chi connectivity index (χ2v) is 5.13. The molecule has 5 heteroatoms. The van der Waals surface area contributed by atoms with E-state index < -0.39 is 0 Å². The lowest BCUT2D eigenvalue weighted by Crippen LogP contribution is -2.39. The number of nitrogens with one attached hydrogen (secondary N) is 1. The van der Waals surface area contributed by atoms with Gasteiger partial charge in [0.25, 0.3) is 5.91 Å². The topological polar surface area (TPSA) is 37.3 Å². The summed E-state index contributed by atoms with van der Waals surface area (Å²) in [5.41, 5.74) is 0.795. The van der Waals surface area contributed by atoms with Crippen LogP contribution in [0.2, 0.25) is 0 Å². The molecule has 1 aromatic heterocycles. The zero-order chi connectivity index (χ0) is 13.0. The van der Waals surface area contributed by atoms with E-state index in [-0.39, 0.29) is 18.3 Å². The molecule has 0 radical (unpaired) electrons. The Morgan fingerprint density at radius 2 is 2.11 bits per heavy atom. The van der Waals surface area contributed by atoms with Crippen LogP contribution in [0.1, 0.15) is 29.8 Å². The standard InChI is InChI=1S/C14H23N3O.ClH/c1-15-8-5-12-6-10-17(11-7-12)14(18)13-4-3-9-16(13)2;/h3-4,9,12,15H,5-8,10-11H2,1-2H3;1H. The molecule has 0 aliphatic carbocycles. The smallest absolute Gasteiger partial charge is 0.270 e. The van der Waals surface area contributed by atoms with E-state index in [1.54, 1.807) is 0 Å². The maximum atomic E-state index is 12.3. The van der Waals surface area contributed by atoms with E-state index in [9.17, 15) is 4.79 Å². The molecule has 1 amide bonds. The molecule has 1 saturated heterocycles. The van der Waals surface area contributed by atoms with Crippen LogP contribution < -0.4 is 5.32 Å². The van der Waals surface area contributed by atoms with Crippen molar-refractivity contribution in [2.45, 2.75) is 19.3 Å². The molecule has 1 aliphatic heterocycles. The summed E-state index contributed by atoms with van der Waals surface area (Å²) in [6.45, 7) is 2.88. The highest BCUT2D eigenvalue weighted by atomic mass is 35.5. The quantitative estimate of drug-likeness (QED) is 0.918. The number of piperidine rings is 1. The van der Waals surface area contributed by atoms with Gasteiger partial charge in [-0.05, 0) is 50.9 Å². The van der Waals surface area contributed by atoms with Crippen LogP contribution in [-0.4, -0.2) is 42.1 Å². The average Bonchev–Trinajstić information content (AvgIpc) is 2.82. The predicted molar refractivity (Wildman–Crippen MR) is 79.8 cm³/mol. The third kappa shape index (κ3) is 3.98. The molecule has 108 valence electrons. The summed E-state index contributed by atoms with van der Waals surface area (Å²) in [5, 5.41) is 3.19. The lowest BCUT2D eigenvalue weighted by Gasteiger charge is -2.32. The first kappa shape index (κ1) is 16.1. The van der Waals surface area contributed by atoms with Gasteiger partial charge in [-0.25, -0.2) is 0 Å². The molecule has 0 atom stereocenters. The number of aromatic nitrogens is 1. The number of aryl methyl sites for hydroxylation is 1. The Morgan fingerprint density at radius 1 is 1.42 bits per heavy atom. The van der Waals surface area contributed by atoms with Crippen molar-refractivity contribution >= 4 is 18.3 Å². The minimum Gasteiger partial charge on any atom is -0.347 e. The number of hydrogen-bond donors (Lipinski definition) is 1. The first-order valence-corrected chi connectivity index (χ1v) is 6.77. The molecule has 0 spiro atoms. The second-order valence-electron chi connectivity index (χ2n) is 5.13. The van der Waals surface area contributed by atoms with Gasteiger partial charge < -0.3 is 14.8 Å². The molecule has 2 rings (SSSR count). The monoisotopic (exact) mass is 285 g/mol. The van der Waals surface area contributed by atoms with Gasteiger partial charge in [0.2, 0.25) is 0 Å². The molecular weight excluding hydrogens is 262 g/mol. The molecule has 1 fully saturated rings. The van der Waals surface area contributed by atoms with E-state index in [2.05, 4.69) is 5.32 Å². The molecule has 0 unspecified atom stereocenters. The summed E-state index contributed by atoms with van der Waals surface area (Å²) in [6.07, 6.45) is 5.42. The van der Waals surface area contributed by atoms with Gasteiger partial charge in [0, 0.05) is 26.3 Å². The molecule has 2 heterocycles. The van der Waals surface area contributed by atoms with E-state index in [0.717, 1.165) is 44.1 Å². The van der Waals surface area contributed by atoms with Crippen molar-refractivity contribution in [3.8, 4) is 0 Å². The van der Waals surface area contributed by atoms with Gasteiger partial charge in [-0.15, -0.1) is 12.4 Å².